The van der Waals surface area contributed by atoms with Crippen LogP contribution in [-0.2, 0) is 0 Å². The first-order valence-electron chi connectivity index (χ1n) is 9.00. The van der Waals surface area contributed by atoms with Crippen LogP contribution in [0.4, 0.5) is 0 Å². The normalized spacial score (nSPS) is 36.9. The van der Waals surface area contributed by atoms with Crippen LogP contribution in [0.5, 0.6) is 0 Å². The molecule has 3 heteroatoms. The molecule has 21 heavy (non-hydrogen) atoms. The van der Waals surface area contributed by atoms with Crippen molar-refractivity contribution >= 4 is 0 Å². The van der Waals surface area contributed by atoms with Gasteiger partial charge in [-0.25, -0.2) is 0 Å². The molecular weight excluding hydrogens is 258 g/mol. The van der Waals surface area contributed by atoms with E-state index >= 15 is 0 Å². The molecule has 0 radical (unpaired) electrons. The number of likely N-dealkylation sites (N-methyl/N-ethyl adjacent to an activating group) is 1. The second kappa shape index (κ2) is 6.55. The SMILES string of the molecule is CCC(C)(C)C1CCC(CN)(N2CCN(C)CC2C)CC1. The van der Waals surface area contributed by atoms with Crippen LogP contribution in [0.2, 0.25) is 0 Å². The Morgan fingerprint density at radius 1 is 1.19 bits per heavy atom. The Morgan fingerprint density at radius 3 is 2.29 bits per heavy atom. The molecule has 3 nitrogen and oxygen atoms in total. The Kier molecular flexibility index (Phi) is 5.38. The summed E-state index contributed by atoms with van der Waals surface area (Å²) in [5, 5.41) is 0. The van der Waals surface area contributed by atoms with E-state index in [9.17, 15) is 0 Å². The standard InChI is InChI=1S/C18H37N3/c1-6-17(3,4)16-7-9-18(14-19,10-8-16)21-12-11-20(5)13-15(21)2/h15-16H,6-14,19H2,1-5H3. The van der Waals surface area contributed by atoms with Gasteiger partial charge in [-0.15, -0.1) is 0 Å². The second-order valence-electron chi connectivity index (χ2n) is 8.35. The van der Waals surface area contributed by atoms with Crippen LogP contribution < -0.4 is 5.73 Å². The lowest BCUT2D eigenvalue weighted by molar-refractivity contribution is -0.0363. The minimum absolute atomic E-state index is 0.279. The van der Waals surface area contributed by atoms with Crippen LogP contribution in [0.25, 0.3) is 0 Å². The molecule has 0 aromatic heterocycles. The van der Waals surface area contributed by atoms with Gasteiger partial charge in [-0.2, -0.15) is 0 Å². The van der Waals surface area contributed by atoms with Crippen LogP contribution in [0.1, 0.15) is 59.8 Å². The average molecular weight is 296 g/mol. The Balaban J connectivity index is 2.04. The maximum absolute atomic E-state index is 6.30. The zero-order valence-electron chi connectivity index (χ0n) is 15.0. The van der Waals surface area contributed by atoms with Crippen molar-refractivity contribution in [2.75, 3.05) is 33.2 Å². The summed E-state index contributed by atoms with van der Waals surface area (Å²) in [5.74, 6) is 0.880. The van der Waals surface area contributed by atoms with E-state index in [4.69, 9.17) is 5.73 Å². The molecule has 1 saturated carbocycles. The zero-order chi connectivity index (χ0) is 15.7. The van der Waals surface area contributed by atoms with Gasteiger partial charge in [-0.1, -0.05) is 27.2 Å². The zero-order valence-corrected chi connectivity index (χ0v) is 15.0. The van der Waals surface area contributed by atoms with E-state index in [1.165, 1.54) is 51.7 Å². The van der Waals surface area contributed by atoms with Crippen molar-refractivity contribution in [3.63, 3.8) is 0 Å². The first kappa shape index (κ1) is 17.2. The predicted molar refractivity (Wildman–Crippen MR) is 91.5 cm³/mol. The summed E-state index contributed by atoms with van der Waals surface area (Å²) in [6.07, 6.45) is 6.60. The summed E-state index contributed by atoms with van der Waals surface area (Å²) in [6, 6.07) is 0.642. The third kappa shape index (κ3) is 3.46. The van der Waals surface area contributed by atoms with Crippen molar-refractivity contribution in [1.29, 1.82) is 0 Å². The third-order valence-electron chi connectivity index (χ3n) is 6.75. The van der Waals surface area contributed by atoms with Crippen LogP contribution >= 0.6 is 0 Å². The van der Waals surface area contributed by atoms with E-state index in [0.717, 1.165) is 12.5 Å². The fourth-order valence-corrected chi connectivity index (χ4v) is 4.68. The van der Waals surface area contributed by atoms with E-state index in [1.54, 1.807) is 0 Å². The summed E-state index contributed by atoms with van der Waals surface area (Å²) >= 11 is 0. The lowest BCUT2D eigenvalue weighted by Gasteiger charge is -2.54. The van der Waals surface area contributed by atoms with E-state index in [2.05, 4.69) is 44.5 Å². The maximum Gasteiger partial charge on any atom is 0.0335 e. The number of hydrogen-bond acceptors (Lipinski definition) is 3. The molecule has 0 bridgehead atoms. The van der Waals surface area contributed by atoms with Crippen LogP contribution in [0.3, 0.4) is 0 Å². The van der Waals surface area contributed by atoms with Crippen LogP contribution in [0, 0.1) is 11.3 Å². The van der Waals surface area contributed by atoms with Crippen molar-refractivity contribution in [2.24, 2.45) is 17.1 Å². The Bertz CT molecular complexity index is 331. The van der Waals surface area contributed by atoms with E-state index in [-0.39, 0.29) is 5.54 Å². The molecule has 2 aliphatic rings. The Hall–Kier alpha value is -0.120. The van der Waals surface area contributed by atoms with Crippen LogP contribution in [0.15, 0.2) is 0 Å². The molecule has 0 amide bonds. The van der Waals surface area contributed by atoms with Gasteiger partial charge >= 0.3 is 0 Å². The van der Waals surface area contributed by atoms with Crippen molar-refractivity contribution in [2.45, 2.75) is 71.4 Å². The van der Waals surface area contributed by atoms with Gasteiger partial charge in [0.25, 0.3) is 0 Å². The molecule has 2 rings (SSSR count). The van der Waals surface area contributed by atoms with E-state index in [1.807, 2.05) is 0 Å². The van der Waals surface area contributed by atoms with Crippen molar-refractivity contribution < 1.29 is 0 Å². The number of nitrogens with zero attached hydrogens (tertiary/aromatic N) is 2. The molecule has 1 aliphatic carbocycles. The van der Waals surface area contributed by atoms with Gasteiger partial charge in [-0.05, 0) is 51.0 Å². The molecule has 0 aromatic rings. The number of rotatable bonds is 4. The molecular formula is C18H37N3. The monoisotopic (exact) mass is 295 g/mol. The quantitative estimate of drug-likeness (QED) is 0.865. The van der Waals surface area contributed by atoms with Gasteiger partial charge in [0.15, 0.2) is 0 Å². The number of hydrogen-bond donors (Lipinski definition) is 1. The smallest absolute Gasteiger partial charge is 0.0335 e. The maximum atomic E-state index is 6.30. The van der Waals surface area contributed by atoms with Crippen LogP contribution in [-0.4, -0.2) is 54.6 Å². The minimum Gasteiger partial charge on any atom is -0.329 e. The lowest BCUT2D eigenvalue weighted by Crippen LogP contribution is -2.64. The molecule has 1 atom stereocenters. The largest absolute Gasteiger partial charge is 0.329 e. The van der Waals surface area contributed by atoms with Crippen molar-refractivity contribution in [1.82, 2.24) is 9.80 Å². The summed E-state index contributed by atoms with van der Waals surface area (Å²) in [7, 11) is 2.24. The summed E-state index contributed by atoms with van der Waals surface area (Å²) < 4.78 is 0. The van der Waals surface area contributed by atoms with Gasteiger partial charge in [0.2, 0.25) is 0 Å². The van der Waals surface area contributed by atoms with E-state index in [0.29, 0.717) is 11.5 Å². The minimum atomic E-state index is 0.279. The molecule has 0 aromatic carbocycles. The van der Waals surface area contributed by atoms with Crippen molar-refractivity contribution in [3.8, 4) is 0 Å². The molecule has 0 spiro atoms. The molecule has 124 valence electrons. The van der Waals surface area contributed by atoms with Gasteiger partial charge in [0.1, 0.15) is 0 Å². The van der Waals surface area contributed by atoms with Gasteiger partial charge in [0, 0.05) is 37.8 Å². The van der Waals surface area contributed by atoms with Gasteiger partial charge in [0.05, 0.1) is 0 Å². The first-order chi connectivity index (χ1) is 9.84. The fraction of sp³-hybridized carbons (Fsp3) is 1.00. The highest BCUT2D eigenvalue weighted by Gasteiger charge is 2.44. The average Bonchev–Trinajstić information content (AvgIpc) is 2.47. The van der Waals surface area contributed by atoms with Gasteiger partial charge < -0.3 is 10.6 Å². The number of nitrogens with two attached hydrogens (primary N) is 1. The third-order valence-corrected chi connectivity index (χ3v) is 6.75. The second-order valence-corrected chi connectivity index (χ2v) is 8.35. The molecule has 1 aliphatic heterocycles. The highest BCUT2D eigenvalue weighted by Crippen LogP contribution is 2.45. The van der Waals surface area contributed by atoms with Crippen molar-refractivity contribution in [3.05, 3.63) is 0 Å². The highest BCUT2D eigenvalue weighted by molar-refractivity contribution is 5.01. The lowest BCUT2D eigenvalue weighted by atomic mass is 9.65. The number of piperazine rings is 1. The molecule has 1 saturated heterocycles. The first-order valence-corrected chi connectivity index (χ1v) is 9.00. The molecule has 1 heterocycles. The summed E-state index contributed by atoms with van der Waals surface area (Å²) in [5.41, 5.74) is 7.07. The fourth-order valence-electron chi connectivity index (χ4n) is 4.68. The molecule has 2 N–H and O–H groups in total. The topological polar surface area (TPSA) is 32.5 Å². The molecule has 1 unspecified atom stereocenters. The Morgan fingerprint density at radius 2 is 1.81 bits per heavy atom. The van der Waals surface area contributed by atoms with E-state index < -0.39 is 0 Å². The Labute approximate surface area is 132 Å². The van der Waals surface area contributed by atoms with Gasteiger partial charge in [-0.3, -0.25) is 4.90 Å². The summed E-state index contributed by atoms with van der Waals surface area (Å²) in [6.45, 7) is 14.0. The predicted octanol–water partition coefficient (Wildman–Crippen LogP) is 2.95. The summed E-state index contributed by atoms with van der Waals surface area (Å²) in [4.78, 5) is 5.21. The highest BCUT2D eigenvalue weighted by atomic mass is 15.3. The molecule has 2 fully saturated rings.